The number of nitrogens with zero attached hydrogens (tertiary/aromatic N) is 1. The molecule has 0 fully saturated rings. The topological polar surface area (TPSA) is 59.4 Å². The Morgan fingerprint density at radius 3 is 3.00 bits per heavy atom. The maximum Gasteiger partial charge on any atom is 0.329 e. The lowest BCUT2D eigenvalue weighted by Crippen LogP contribution is -2.06. The molecule has 100 valence electrons. The van der Waals surface area contributed by atoms with Crippen LogP contribution < -0.4 is 0 Å². The molecule has 1 aromatic carbocycles. The molecule has 1 N–H and O–H groups in total. The van der Waals surface area contributed by atoms with E-state index in [4.69, 9.17) is 21.4 Å². The lowest BCUT2D eigenvalue weighted by Gasteiger charge is -1.98. The Kier molecular flexibility index (Phi) is 4.52. The molecule has 0 atom stereocenters. The van der Waals surface area contributed by atoms with Gasteiger partial charge in [-0.2, -0.15) is 0 Å². The van der Waals surface area contributed by atoms with Gasteiger partial charge in [-0.1, -0.05) is 23.7 Å². The maximum absolute atomic E-state index is 10.4. The number of aryl methyl sites for hydroxylation is 1. The SMILES string of the molecule is Cc1nc(-c2cccc(Cl)c2)sc1COCC(=O)O. The van der Waals surface area contributed by atoms with E-state index < -0.39 is 5.97 Å². The molecule has 4 nitrogen and oxygen atoms in total. The minimum absolute atomic E-state index is 0.260. The zero-order chi connectivity index (χ0) is 13.8. The Bertz CT molecular complexity index is 597. The number of hydrogen-bond donors (Lipinski definition) is 1. The van der Waals surface area contributed by atoms with E-state index in [2.05, 4.69) is 4.98 Å². The zero-order valence-electron chi connectivity index (χ0n) is 10.2. The van der Waals surface area contributed by atoms with Crippen LogP contribution in [0.4, 0.5) is 0 Å². The molecule has 0 aliphatic rings. The summed E-state index contributed by atoms with van der Waals surface area (Å²) in [6.45, 7) is 1.84. The first kappa shape index (κ1) is 14.0. The van der Waals surface area contributed by atoms with Crippen molar-refractivity contribution in [2.75, 3.05) is 6.61 Å². The Morgan fingerprint density at radius 2 is 2.32 bits per heavy atom. The van der Waals surface area contributed by atoms with Crippen molar-refractivity contribution >= 4 is 28.9 Å². The summed E-state index contributed by atoms with van der Waals surface area (Å²) in [5.74, 6) is -0.975. The first-order chi connectivity index (χ1) is 9.06. The summed E-state index contributed by atoms with van der Waals surface area (Å²) in [5, 5.41) is 10.0. The highest BCUT2D eigenvalue weighted by Crippen LogP contribution is 2.29. The van der Waals surface area contributed by atoms with Crippen LogP contribution >= 0.6 is 22.9 Å². The van der Waals surface area contributed by atoms with Crippen LogP contribution in [0.1, 0.15) is 10.6 Å². The fourth-order valence-corrected chi connectivity index (χ4v) is 2.72. The van der Waals surface area contributed by atoms with Gasteiger partial charge in [-0.05, 0) is 19.1 Å². The number of carboxylic acid groups (broad SMARTS) is 1. The largest absolute Gasteiger partial charge is 0.480 e. The van der Waals surface area contributed by atoms with Gasteiger partial charge in [0, 0.05) is 10.6 Å². The molecule has 2 rings (SSSR count). The van der Waals surface area contributed by atoms with Crippen molar-refractivity contribution in [2.45, 2.75) is 13.5 Å². The second kappa shape index (κ2) is 6.14. The number of hydrogen-bond acceptors (Lipinski definition) is 4. The Hall–Kier alpha value is -1.43. The number of aliphatic carboxylic acids is 1. The van der Waals surface area contributed by atoms with Crippen molar-refractivity contribution in [1.82, 2.24) is 4.98 Å². The number of benzene rings is 1. The molecular weight excluding hydrogens is 286 g/mol. The van der Waals surface area contributed by atoms with Gasteiger partial charge in [-0.25, -0.2) is 9.78 Å². The van der Waals surface area contributed by atoms with E-state index in [1.165, 1.54) is 11.3 Å². The third kappa shape index (κ3) is 3.76. The first-order valence-electron chi connectivity index (χ1n) is 5.58. The lowest BCUT2D eigenvalue weighted by atomic mass is 10.2. The average Bonchev–Trinajstić information content (AvgIpc) is 2.71. The number of carbonyl (C=O) groups is 1. The molecule has 0 spiro atoms. The third-order valence-electron chi connectivity index (χ3n) is 2.42. The van der Waals surface area contributed by atoms with Crippen molar-refractivity contribution in [3.63, 3.8) is 0 Å². The summed E-state index contributed by atoms with van der Waals surface area (Å²) in [5.41, 5.74) is 1.80. The molecule has 0 saturated carbocycles. The van der Waals surface area contributed by atoms with Gasteiger partial charge in [0.25, 0.3) is 0 Å². The predicted molar refractivity (Wildman–Crippen MR) is 74.6 cm³/mol. The smallest absolute Gasteiger partial charge is 0.329 e. The van der Waals surface area contributed by atoms with E-state index in [1.54, 1.807) is 0 Å². The van der Waals surface area contributed by atoms with Crippen molar-refractivity contribution in [3.05, 3.63) is 39.9 Å². The zero-order valence-corrected chi connectivity index (χ0v) is 11.8. The number of carboxylic acids is 1. The predicted octanol–water partition coefficient (Wildman–Crippen LogP) is 3.37. The quantitative estimate of drug-likeness (QED) is 0.919. The summed E-state index contributed by atoms with van der Waals surface area (Å²) in [7, 11) is 0. The molecular formula is C13H12ClNO3S. The molecule has 0 radical (unpaired) electrons. The molecule has 0 unspecified atom stereocenters. The van der Waals surface area contributed by atoms with Crippen molar-refractivity contribution < 1.29 is 14.6 Å². The Morgan fingerprint density at radius 1 is 1.53 bits per heavy atom. The fraction of sp³-hybridized carbons (Fsp3) is 0.231. The van der Waals surface area contributed by atoms with Gasteiger partial charge in [0.2, 0.25) is 0 Å². The molecule has 0 aliphatic carbocycles. The maximum atomic E-state index is 10.4. The van der Waals surface area contributed by atoms with E-state index in [0.29, 0.717) is 5.02 Å². The number of thiazole rings is 1. The van der Waals surface area contributed by atoms with Gasteiger partial charge in [-0.3, -0.25) is 0 Å². The molecule has 0 amide bonds. The minimum Gasteiger partial charge on any atom is -0.480 e. The minimum atomic E-state index is -0.975. The van der Waals surface area contributed by atoms with Gasteiger partial charge in [0.15, 0.2) is 0 Å². The van der Waals surface area contributed by atoms with Crippen LogP contribution in [0.25, 0.3) is 10.6 Å². The van der Waals surface area contributed by atoms with E-state index in [9.17, 15) is 4.79 Å². The van der Waals surface area contributed by atoms with Crippen molar-refractivity contribution in [1.29, 1.82) is 0 Å². The molecule has 1 aromatic heterocycles. The molecule has 6 heteroatoms. The second-order valence-corrected chi connectivity index (χ2v) is 5.44. The highest BCUT2D eigenvalue weighted by atomic mass is 35.5. The molecule has 19 heavy (non-hydrogen) atoms. The highest BCUT2D eigenvalue weighted by molar-refractivity contribution is 7.15. The highest BCUT2D eigenvalue weighted by Gasteiger charge is 2.10. The summed E-state index contributed by atoms with van der Waals surface area (Å²) < 4.78 is 5.08. The van der Waals surface area contributed by atoms with Crippen LogP contribution in [0.3, 0.4) is 0 Å². The monoisotopic (exact) mass is 297 g/mol. The van der Waals surface area contributed by atoms with Crippen LogP contribution in [-0.4, -0.2) is 22.7 Å². The fourth-order valence-electron chi connectivity index (χ4n) is 1.54. The third-order valence-corrected chi connectivity index (χ3v) is 3.84. The Labute approximate surface area is 119 Å². The van der Waals surface area contributed by atoms with E-state index in [0.717, 1.165) is 21.1 Å². The van der Waals surface area contributed by atoms with Crippen LogP contribution in [0, 0.1) is 6.92 Å². The van der Waals surface area contributed by atoms with Crippen LogP contribution in [0.2, 0.25) is 5.02 Å². The van der Waals surface area contributed by atoms with Gasteiger partial charge in [-0.15, -0.1) is 11.3 Å². The Balaban J connectivity index is 2.14. The normalized spacial score (nSPS) is 10.6. The van der Waals surface area contributed by atoms with Gasteiger partial charge < -0.3 is 9.84 Å². The average molecular weight is 298 g/mol. The number of aromatic nitrogens is 1. The molecule has 0 bridgehead atoms. The number of ether oxygens (including phenoxy) is 1. The summed E-state index contributed by atoms with van der Waals surface area (Å²) >= 11 is 7.43. The summed E-state index contributed by atoms with van der Waals surface area (Å²) in [4.78, 5) is 15.8. The van der Waals surface area contributed by atoms with Gasteiger partial charge >= 0.3 is 5.97 Å². The number of halogens is 1. The molecule has 0 saturated heterocycles. The second-order valence-electron chi connectivity index (χ2n) is 3.92. The summed E-state index contributed by atoms with van der Waals surface area (Å²) in [6.07, 6.45) is 0. The number of rotatable bonds is 5. The van der Waals surface area contributed by atoms with Gasteiger partial charge in [0.05, 0.1) is 17.2 Å². The lowest BCUT2D eigenvalue weighted by molar-refractivity contribution is -0.142. The van der Waals surface area contributed by atoms with Crippen molar-refractivity contribution in [3.8, 4) is 10.6 Å². The standard InChI is InChI=1S/C13H12ClNO3S/c1-8-11(6-18-7-12(16)17)19-13(15-8)9-3-2-4-10(14)5-9/h2-5H,6-7H2,1H3,(H,16,17). The van der Waals surface area contributed by atoms with Crippen LogP contribution in [0.5, 0.6) is 0 Å². The van der Waals surface area contributed by atoms with Crippen LogP contribution in [0.15, 0.2) is 24.3 Å². The molecule has 0 aliphatic heterocycles. The first-order valence-corrected chi connectivity index (χ1v) is 6.77. The van der Waals surface area contributed by atoms with E-state index >= 15 is 0 Å². The van der Waals surface area contributed by atoms with E-state index in [1.807, 2.05) is 31.2 Å². The van der Waals surface area contributed by atoms with E-state index in [-0.39, 0.29) is 13.2 Å². The molecule has 1 heterocycles. The summed E-state index contributed by atoms with van der Waals surface area (Å²) in [6, 6.07) is 7.46. The molecule has 2 aromatic rings. The van der Waals surface area contributed by atoms with Crippen molar-refractivity contribution in [2.24, 2.45) is 0 Å². The van der Waals surface area contributed by atoms with Gasteiger partial charge in [0.1, 0.15) is 11.6 Å². The van der Waals surface area contributed by atoms with Crippen LogP contribution in [-0.2, 0) is 16.1 Å².